The van der Waals surface area contributed by atoms with Crippen molar-refractivity contribution in [3.05, 3.63) is 52.1 Å². The summed E-state index contributed by atoms with van der Waals surface area (Å²) in [5, 5.41) is 6.74. The van der Waals surface area contributed by atoms with Crippen molar-refractivity contribution in [1.82, 2.24) is 4.68 Å². The van der Waals surface area contributed by atoms with Gasteiger partial charge in [-0.3, -0.25) is 9.79 Å². The number of benzene rings is 2. The van der Waals surface area contributed by atoms with Crippen LogP contribution in [0.1, 0.15) is 12.5 Å². The molecule has 9 heteroatoms. The highest BCUT2D eigenvalue weighted by Gasteiger charge is 2.31. The molecular formula is C23H24N4O4S. The van der Waals surface area contributed by atoms with Crippen molar-refractivity contribution in [3.8, 4) is 28.5 Å². The second-order valence-corrected chi connectivity index (χ2v) is 7.77. The number of fused-ring (bicyclic) bond motifs is 1. The van der Waals surface area contributed by atoms with E-state index in [1.54, 1.807) is 38.0 Å². The number of nitrogens with zero attached hydrogens (tertiary/aromatic N) is 4. The quantitative estimate of drug-likeness (QED) is 0.574. The topological polar surface area (TPSA) is 77.6 Å². The Morgan fingerprint density at radius 3 is 2.34 bits per heavy atom. The fourth-order valence-corrected chi connectivity index (χ4v) is 4.51. The Bertz CT molecular complexity index is 1250. The number of hydrogen-bond acceptors (Lipinski definition) is 7. The van der Waals surface area contributed by atoms with Crippen LogP contribution in [-0.4, -0.2) is 51.2 Å². The van der Waals surface area contributed by atoms with Crippen molar-refractivity contribution < 1.29 is 19.0 Å². The van der Waals surface area contributed by atoms with Crippen LogP contribution in [0.4, 0.5) is 5.69 Å². The third-order valence-electron chi connectivity index (χ3n) is 5.17. The molecule has 0 radical (unpaired) electrons. The molecule has 0 unspecified atom stereocenters. The van der Waals surface area contributed by atoms with Crippen LogP contribution in [0.15, 0.2) is 51.9 Å². The molecule has 0 saturated carbocycles. The first-order valence-corrected chi connectivity index (χ1v) is 10.9. The Hall–Kier alpha value is -3.59. The fraction of sp³-hybridized carbons (Fsp3) is 0.261. The van der Waals surface area contributed by atoms with Crippen molar-refractivity contribution in [3.63, 3.8) is 0 Å². The summed E-state index contributed by atoms with van der Waals surface area (Å²) in [5.74, 6) is 1.40. The molecular weight excluding hydrogens is 428 g/mol. The number of anilines is 1. The van der Waals surface area contributed by atoms with Crippen molar-refractivity contribution in [1.29, 1.82) is 0 Å². The van der Waals surface area contributed by atoms with Gasteiger partial charge in [0.25, 0.3) is 5.91 Å². The van der Waals surface area contributed by atoms with Gasteiger partial charge < -0.3 is 19.1 Å². The smallest absolute Gasteiger partial charge is 0.279 e. The first kappa shape index (κ1) is 21.6. The SMILES string of the molecule is CCN=c1scc(-c2cc(OC)c(OC)c(OC)c2)n1N=C1C(=O)N(C)c2ccccc21. The maximum Gasteiger partial charge on any atom is 0.279 e. The van der Waals surface area contributed by atoms with Crippen LogP contribution in [0.2, 0.25) is 0 Å². The predicted octanol–water partition coefficient (Wildman–Crippen LogP) is 3.39. The van der Waals surface area contributed by atoms with Gasteiger partial charge in [-0.2, -0.15) is 5.10 Å². The van der Waals surface area contributed by atoms with Crippen LogP contribution in [-0.2, 0) is 4.79 Å². The Kier molecular flexibility index (Phi) is 6.00. The van der Waals surface area contributed by atoms with Crippen LogP contribution in [0.25, 0.3) is 11.3 Å². The standard InChI is InChI=1S/C23H24N4O4S/c1-6-24-23-27(25-20-15-9-7-8-10-16(15)26(2)22(20)28)17(13-32-23)14-11-18(29-3)21(31-5)19(12-14)30-4/h7-13H,6H2,1-5H3. The lowest BCUT2D eigenvalue weighted by Crippen LogP contribution is -2.27. The van der Waals surface area contributed by atoms with E-state index in [0.29, 0.717) is 34.3 Å². The van der Waals surface area contributed by atoms with E-state index in [-0.39, 0.29) is 5.91 Å². The number of methoxy groups -OCH3 is 3. The van der Waals surface area contributed by atoms with E-state index in [2.05, 4.69) is 4.99 Å². The minimum Gasteiger partial charge on any atom is -0.493 e. The largest absolute Gasteiger partial charge is 0.493 e. The summed E-state index contributed by atoms with van der Waals surface area (Å²) >= 11 is 1.45. The Morgan fingerprint density at radius 2 is 1.72 bits per heavy atom. The molecule has 2 aromatic carbocycles. The number of ether oxygens (including phenoxy) is 3. The zero-order valence-corrected chi connectivity index (χ0v) is 19.4. The summed E-state index contributed by atoms with van der Waals surface area (Å²) in [6.45, 7) is 2.55. The summed E-state index contributed by atoms with van der Waals surface area (Å²) < 4.78 is 18.2. The number of para-hydroxylation sites is 1. The maximum atomic E-state index is 13.0. The first-order valence-electron chi connectivity index (χ1n) is 10.0. The van der Waals surface area contributed by atoms with Crippen molar-refractivity contribution in [2.75, 3.05) is 39.8 Å². The molecule has 0 spiro atoms. The zero-order chi connectivity index (χ0) is 22.8. The number of rotatable bonds is 6. The van der Waals surface area contributed by atoms with Gasteiger partial charge in [0.15, 0.2) is 17.2 Å². The Balaban J connectivity index is 1.95. The van der Waals surface area contributed by atoms with Gasteiger partial charge in [-0.15, -0.1) is 11.3 Å². The number of amides is 1. The second kappa shape index (κ2) is 8.88. The number of aromatic nitrogens is 1. The maximum absolute atomic E-state index is 13.0. The van der Waals surface area contributed by atoms with E-state index in [1.807, 2.05) is 48.7 Å². The van der Waals surface area contributed by atoms with E-state index in [9.17, 15) is 4.79 Å². The number of hydrogen-bond donors (Lipinski definition) is 0. The predicted molar refractivity (Wildman–Crippen MR) is 125 cm³/mol. The van der Waals surface area contributed by atoms with Gasteiger partial charge in [0.2, 0.25) is 10.6 Å². The number of carbonyl (C=O) groups is 1. The van der Waals surface area contributed by atoms with Crippen LogP contribution in [0.3, 0.4) is 0 Å². The average molecular weight is 453 g/mol. The molecule has 8 nitrogen and oxygen atoms in total. The van der Waals surface area contributed by atoms with Gasteiger partial charge in [0.1, 0.15) is 0 Å². The van der Waals surface area contributed by atoms with Crippen LogP contribution >= 0.6 is 11.3 Å². The molecule has 0 N–H and O–H groups in total. The molecule has 1 aliphatic heterocycles. The van der Waals surface area contributed by atoms with Crippen molar-refractivity contribution in [2.24, 2.45) is 10.1 Å². The zero-order valence-electron chi connectivity index (χ0n) is 18.6. The fourth-order valence-electron chi connectivity index (χ4n) is 3.61. The van der Waals surface area contributed by atoms with Crippen LogP contribution in [0.5, 0.6) is 17.2 Å². The minimum absolute atomic E-state index is 0.164. The normalized spacial score (nSPS) is 14.8. The molecule has 1 aliphatic rings. The summed E-state index contributed by atoms with van der Waals surface area (Å²) in [6.07, 6.45) is 0. The third kappa shape index (κ3) is 3.54. The molecule has 32 heavy (non-hydrogen) atoms. The van der Waals surface area contributed by atoms with Crippen LogP contribution in [0, 0.1) is 0 Å². The Morgan fingerprint density at radius 1 is 1.03 bits per heavy atom. The van der Waals surface area contributed by atoms with E-state index >= 15 is 0 Å². The average Bonchev–Trinajstić information content (AvgIpc) is 3.32. The van der Waals surface area contributed by atoms with Gasteiger partial charge >= 0.3 is 0 Å². The highest BCUT2D eigenvalue weighted by molar-refractivity contribution is 7.07. The lowest BCUT2D eigenvalue weighted by molar-refractivity contribution is -0.112. The minimum atomic E-state index is -0.164. The van der Waals surface area contributed by atoms with Gasteiger partial charge in [-0.25, -0.2) is 4.68 Å². The molecule has 2 heterocycles. The monoisotopic (exact) mass is 452 g/mol. The van der Waals surface area contributed by atoms with E-state index in [0.717, 1.165) is 22.5 Å². The first-order chi connectivity index (χ1) is 15.5. The van der Waals surface area contributed by atoms with Crippen LogP contribution < -0.4 is 23.9 Å². The Labute approximate surface area is 190 Å². The molecule has 0 aliphatic carbocycles. The van der Waals surface area contributed by atoms with Gasteiger partial charge in [0.05, 0.1) is 32.7 Å². The highest BCUT2D eigenvalue weighted by Crippen LogP contribution is 2.41. The van der Waals surface area contributed by atoms with Crippen molar-refractivity contribution >= 4 is 28.6 Å². The number of carbonyl (C=O) groups excluding carboxylic acids is 1. The molecule has 0 saturated heterocycles. The van der Waals surface area contributed by atoms with E-state index < -0.39 is 0 Å². The summed E-state index contributed by atoms with van der Waals surface area (Å²) in [6, 6.07) is 11.3. The van der Waals surface area contributed by atoms with Gasteiger partial charge in [-0.05, 0) is 25.1 Å². The molecule has 1 amide bonds. The molecule has 0 bridgehead atoms. The summed E-state index contributed by atoms with van der Waals surface area (Å²) in [5.41, 5.74) is 3.54. The molecule has 3 aromatic rings. The summed E-state index contributed by atoms with van der Waals surface area (Å²) in [7, 11) is 6.46. The third-order valence-corrected chi connectivity index (χ3v) is 6.02. The van der Waals surface area contributed by atoms with Gasteiger partial charge in [0, 0.05) is 30.1 Å². The molecule has 4 rings (SSSR count). The van der Waals surface area contributed by atoms with Gasteiger partial charge in [-0.1, -0.05) is 18.2 Å². The molecule has 166 valence electrons. The second-order valence-electron chi connectivity index (χ2n) is 6.93. The molecule has 0 atom stereocenters. The molecule has 0 fully saturated rings. The molecule has 1 aromatic heterocycles. The van der Waals surface area contributed by atoms with E-state index in [1.165, 1.54) is 11.3 Å². The lowest BCUT2D eigenvalue weighted by atomic mass is 10.1. The lowest BCUT2D eigenvalue weighted by Gasteiger charge is -2.14. The van der Waals surface area contributed by atoms with E-state index in [4.69, 9.17) is 19.3 Å². The van der Waals surface area contributed by atoms with Crippen molar-refractivity contribution in [2.45, 2.75) is 6.92 Å². The number of thiazole rings is 1. The summed E-state index contributed by atoms with van der Waals surface area (Å²) in [4.78, 5) is 19.9. The highest BCUT2D eigenvalue weighted by atomic mass is 32.1. The number of likely N-dealkylation sites (N-methyl/N-ethyl adjacent to an activating group) is 1.